The molecule has 0 radical (unpaired) electrons. The molecule has 1 aromatic carbocycles. The van der Waals surface area contributed by atoms with Crippen molar-refractivity contribution in [3.8, 4) is 11.6 Å². The second-order valence-electron chi connectivity index (χ2n) is 3.51. The number of halogens is 1. The molecule has 0 bridgehead atoms. The minimum absolute atomic E-state index is 0.257. The fourth-order valence-electron chi connectivity index (χ4n) is 1.32. The third-order valence-electron chi connectivity index (χ3n) is 2.22. The molecule has 5 heteroatoms. The minimum Gasteiger partial charge on any atom is -0.437 e. The van der Waals surface area contributed by atoms with Crippen molar-refractivity contribution < 1.29 is 9.13 Å². The minimum atomic E-state index is -0.257. The molecule has 4 nitrogen and oxygen atoms in total. The van der Waals surface area contributed by atoms with Gasteiger partial charge in [-0.3, -0.25) is 4.98 Å². The maximum Gasteiger partial charge on any atom is 0.239 e. The van der Waals surface area contributed by atoms with E-state index >= 15 is 0 Å². The molecule has 0 fully saturated rings. The zero-order valence-corrected chi connectivity index (χ0v) is 9.57. The summed E-state index contributed by atoms with van der Waals surface area (Å²) in [6.45, 7) is 1.68. The highest BCUT2D eigenvalue weighted by atomic mass is 19.1. The van der Waals surface area contributed by atoms with Gasteiger partial charge in [-0.15, -0.1) is 0 Å². The highest BCUT2D eigenvalue weighted by Crippen LogP contribution is 2.21. The fourth-order valence-corrected chi connectivity index (χ4v) is 1.32. The Labute approximate surface area is 98.5 Å². The Morgan fingerprint density at radius 3 is 2.82 bits per heavy atom. The van der Waals surface area contributed by atoms with Crippen LogP contribution in [0.15, 0.2) is 30.6 Å². The molecule has 0 atom stereocenters. The van der Waals surface area contributed by atoms with Crippen molar-refractivity contribution in [2.24, 2.45) is 0 Å². The molecular formula is C12H12FN3O. The molecule has 1 heterocycles. The van der Waals surface area contributed by atoms with Crippen LogP contribution in [0.25, 0.3) is 0 Å². The largest absolute Gasteiger partial charge is 0.437 e. The molecule has 2 aromatic rings. The summed E-state index contributed by atoms with van der Waals surface area (Å²) in [7, 11) is 1.75. The molecule has 17 heavy (non-hydrogen) atoms. The number of benzene rings is 1. The van der Waals surface area contributed by atoms with Crippen molar-refractivity contribution in [3.63, 3.8) is 0 Å². The first-order valence-corrected chi connectivity index (χ1v) is 5.13. The summed E-state index contributed by atoms with van der Waals surface area (Å²) in [5, 5.41) is 2.86. The molecule has 0 aliphatic carbocycles. The number of aryl methyl sites for hydroxylation is 1. The van der Waals surface area contributed by atoms with Crippen molar-refractivity contribution in [3.05, 3.63) is 42.0 Å². The van der Waals surface area contributed by atoms with Gasteiger partial charge < -0.3 is 10.1 Å². The van der Waals surface area contributed by atoms with Gasteiger partial charge in [0, 0.05) is 7.05 Å². The molecule has 1 N–H and O–H groups in total. The Morgan fingerprint density at radius 1 is 1.29 bits per heavy atom. The molecule has 2 rings (SSSR count). The summed E-state index contributed by atoms with van der Waals surface area (Å²) < 4.78 is 18.5. The van der Waals surface area contributed by atoms with E-state index in [9.17, 15) is 4.39 Å². The predicted octanol–water partition coefficient (Wildman–Crippen LogP) is 2.76. The van der Waals surface area contributed by atoms with Crippen molar-refractivity contribution in [2.75, 3.05) is 12.4 Å². The average molecular weight is 233 g/mol. The Kier molecular flexibility index (Phi) is 3.18. The van der Waals surface area contributed by atoms with Crippen LogP contribution in [-0.4, -0.2) is 17.0 Å². The smallest absolute Gasteiger partial charge is 0.239 e. The number of nitrogens with one attached hydrogen (secondary N) is 1. The van der Waals surface area contributed by atoms with E-state index in [1.165, 1.54) is 12.3 Å². The quantitative estimate of drug-likeness (QED) is 0.885. The van der Waals surface area contributed by atoms with Crippen molar-refractivity contribution in [1.82, 2.24) is 9.97 Å². The van der Waals surface area contributed by atoms with Crippen LogP contribution in [0.5, 0.6) is 11.6 Å². The molecule has 0 saturated carbocycles. The molecule has 88 valence electrons. The molecule has 0 aliphatic heterocycles. The van der Waals surface area contributed by atoms with Crippen LogP contribution in [0.3, 0.4) is 0 Å². The lowest BCUT2D eigenvalue weighted by Gasteiger charge is -2.06. The zero-order valence-electron chi connectivity index (χ0n) is 9.57. The second kappa shape index (κ2) is 4.78. The summed E-state index contributed by atoms with van der Waals surface area (Å²) in [5.74, 6) is 1.25. The number of nitrogens with zero attached hydrogens (tertiary/aromatic N) is 2. The van der Waals surface area contributed by atoms with Crippen LogP contribution in [0.4, 0.5) is 10.2 Å². The molecule has 0 saturated heterocycles. The van der Waals surface area contributed by atoms with Crippen molar-refractivity contribution >= 4 is 5.82 Å². The Hall–Kier alpha value is -2.17. The third kappa shape index (κ3) is 2.69. The number of ether oxygens (including phenoxy) is 1. The topological polar surface area (TPSA) is 47.0 Å². The number of anilines is 1. The number of aromatic nitrogens is 2. The molecule has 0 amide bonds. The van der Waals surface area contributed by atoms with Gasteiger partial charge in [-0.2, -0.15) is 4.98 Å². The van der Waals surface area contributed by atoms with Gasteiger partial charge in [-0.25, -0.2) is 4.39 Å². The standard InChI is InChI=1S/C12H12FN3O/c1-8-5-9(3-4-10(8)13)17-12-7-15-6-11(14-2)16-12/h3-7H,1-2H3,(H,14,16). The van der Waals surface area contributed by atoms with Crippen LogP contribution >= 0.6 is 0 Å². The van der Waals surface area contributed by atoms with Crippen molar-refractivity contribution in [2.45, 2.75) is 6.92 Å². The molecule has 0 aliphatic rings. The second-order valence-corrected chi connectivity index (χ2v) is 3.51. The lowest BCUT2D eigenvalue weighted by molar-refractivity contribution is 0.458. The number of rotatable bonds is 3. The normalized spacial score (nSPS) is 10.1. The van der Waals surface area contributed by atoms with Gasteiger partial charge in [0.1, 0.15) is 17.4 Å². The Bertz CT molecular complexity index is 531. The van der Waals surface area contributed by atoms with Crippen molar-refractivity contribution in [1.29, 1.82) is 0 Å². The first-order valence-electron chi connectivity index (χ1n) is 5.13. The Balaban J connectivity index is 2.22. The molecular weight excluding hydrogens is 221 g/mol. The van der Waals surface area contributed by atoms with Gasteiger partial charge in [0.05, 0.1) is 12.4 Å². The van der Waals surface area contributed by atoms with Gasteiger partial charge >= 0.3 is 0 Å². The van der Waals surface area contributed by atoms with E-state index in [-0.39, 0.29) is 5.82 Å². The van der Waals surface area contributed by atoms with Crippen LogP contribution < -0.4 is 10.1 Å². The van der Waals surface area contributed by atoms with Gasteiger partial charge in [-0.05, 0) is 30.7 Å². The van der Waals surface area contributed by atoms with Gasteiger partial charge in [0.2, 0.25) is 5.88 Å². The summed E-state index contributed by atoms with van der Waals surface area (Å²) >= 11 is 0. The summed E-state index contributed by atoms with van der Waals surface area (Å²) in [5.41, 5.74) is 0.528. The maximum atomic E-state index is 13.1. The molecule has 0 spiro atoms. The maximum absolute atomic E-state index is 13.1. The highest BCUT2D eigenvalue weighted by molar-refractivity contribution is 5.35. The summed E-state index contributed by atoms with van der Waals surface area (Å²) in [6, 6.07) is 4.53. The van der Waals surface area contributed by atoms with Crippen LogP contribution in [0, 0.1) is 12.7 Å². The SMILES string of the molecule is CNc1cncc(Oc2ccc(F)c(C)c2)n1. The van der Waals surface area contributed by atoms with E-state index in [0.29, 0.717) is 23.0 Å². The number of hydrogen-bond donors (Lipinski definition) is 1. The lowest BCUT2D eigenvalue weighted by atomic mass is 10.2. The first kappa shape index (κ1) is 11.3. The van der Waals surface area contributed by atoms with E-state index in [1.807, 2.05) is 0 Å². The van der Waals surface area contributed by atoms with Crippen LogP contribution in [0.2, 0.25) is 0 Å². The van der Waals surface area contributed by atoms with Gasteiger partial charge in [-0.1, -0.05) is 0 Å². The summed E-state index contributed by atoms with van der Waals surface area (Å²) in [6.07, 6.45) is 3.09. The molecule has 1 aromatic heterocycles. The van der Waals surface area contributed by atoms with Gasteiger partial charge in [0.25, 0.3) is 0 Å². The predicted molar refractivity (Wildman–Crippen MR) is 62.8 cm³/mol. The monoisotopic (exact) mass is 233 g/mol. The van der Waals surface area contributed by atoms with Crippen LogP contribution in [-0.2, 0) is 0 Å². The average Bonchev–Trinajstić information content (AvgIpc) is 2.34. The van der Waals surface area contributed by atoms with E-state index in [2.05, 4.69) is 15.3 Å². The summed E-state index contributed by atoms with van der Waals surface area (Å²) in [4.78, 5) is 8.12. The Morgan fingerprint density at radius 2 is 2.12 bits per heavy atom. The van der Waals surface area contributed by atoms with E-state index in [1.54, 1.807) is 32.3 Å². The number of hydrogen-bond acceptors (Lipinski definition) is 4. The molecule has 0 unspecified atom stereocenters. The lowest BCUT2D eigenvalue weighted by Crippen LogP contribution is -1.96. The van der Waals surface area contributed by atoms with Gasteiger partial charge in [0.15, 0.2) is 0 Å². The van der Waals surface area contributed by atoms with E-state index in [4.69, 9.17) is 4.74 Å². The van der Waals surface area contributed by atoms with E-state index in [0.717, 1.165) is 0 Å². The third-order valence-corrected chi connectivity index (χ3v) is 2.22. The van der Waals surface area contributed by atoms with Crippen LogP contribution in [0.1, 0.15) is 5.56 Å². The van der Waals surface area contributed by atoms with E-state index < -0.39 is 0 Å². The first-order chi connectivity index (χ1) is 8.19. The fraction of sp³-hybridized carbons (Fsp3) is 0.167. The zero-order chi connectivity index (χ0) is 12.3. The highest BCUT2D eigenvalue weighted by Gasteiger charge is 2.03.